The van der Waals surface area contributed by atoms with Crippen LogP contribution in [-0.4, -0.2) is 89.0 Å². The van der Waals surface area contributed by atoms with Crippen molar-refractivity contribution in [2.45, 2.75) is 113 Å². The molecule has 0 aromatic heterocycles. The van der Waals surface area contributed by atoms with Crippen LogP contribution < -0.4 is 21.7 Å². The van der Waals surface area contributed by atoms with Crippen LogP contribution >= 0.6 is 0 Å². The highest BCUT2D eigenvalue weighted by Crippen LogP contribution is 2.65. The van der Waals surface area contributed by atoms with Crippen molar-refractivity contribution >= 4 is 35.4 Å². The van der Waals surface area contributed by atoms with Crippen molar-refractivity contribution in [3.63, 3.8) is 0 Å². The first-order valence-corrected chi connectivity index (χ1v) is 16.0. The number of rotatable bonds is 12. The van der Waals surface area contributed by atoms with Crippen LogP contribution in [0.1, 0.15) is 88.5 Å². The molecule has 1 heterocycles. The fourth-order valence-electron chi connectivity index (χ4n) is 6.65. The van der Waals surface area contributed by atoms with E-state index in [1.54, 1.807) is 4.90 Å². The Kier molecular flexibility index (Phi) is 10.2. The molecule has 1 saturated heterocycles. The maximum absolute atomic E-state index is 14.2. The molecule has 44 heavy (non-hydrogen) atoms. The van der Waals surface area contributed by atoms with Gasteiger partial charge in [0.15, 0.2) is 0 Å². The second-order valence-corrected chi connectivity index (χ2v) is 15.6. The van der Waals surface area contributed by atoms with Crippen LogP contribution in [0.2, 0.25) is 0 Å². The highest BCUT2D eigenvalue weighted by Gasteiger charge is 2.70. The number of likely N-dealkylation sites (tertiary alicyclic amines) is 1. The molecular formula is C32H54N6O6. The Morgan fingerprint density at radius 1 is 0.886 bits per heavy atom. The summed E-state index contributed by atoms with van der Waals surface area (Å²) in [5, 5.41) is 8.41. The Morgan fingerprint density at radius 2 is 1.41 bits per heavy atom. The summed E-state index contributed by atoms with van der Waals surface area (Å²) in [5.74, 6) is -2.88. The van der Waals surface area contributed by atoms with Crippen LogP contribution in [0.4, 0.5) is 4.79 Å². The van der Waals surface area contributed by atoms with Crippen molar-refractivity contribution in [2.24, 2.45) is 39.7 Å². The quantitative estimate of drug-likeness (QED) is 0.243. The van der Waals surface area contributed by atoms with Crippen molar-refractivity contribution in [3.05, 3.63) is 0 Å². The molecule has 0 spiro atoms. The van der Waals surface area contributed by atoms with Gasteiger partial charge in [-0.15, -0.1) is 0 Å². The van der Waals surface area contributed by atoms with Crippen molar-refractivity contribution in [2.75, 3.05) is 19.6 Å². The number of Topliss-reactive ketones (excluding diaryl/α,β-unsaturated/α-hetero) is 1. The van der Waals surface area contributed by atoms with E-state index in [1.807, 2.05) is 69.2 Å². The second-order valence-electron chi connectivity index (χ2n) is 15.6. The lowest BCUT2D eigenvalue weighted by atomic mass is 9.84. The molecule has 6 amide bonds. The number of likely N-dealkylation sites (N-methyl/N-ethyl adjacent to an activating group) is 1. The zero-order valence-corrected chi connectivity index (χ0v) is 28.2. The first-order chi connectivity index (χ1) is 20.2. The summed E-state index contributed by atoms with van der Waals surface area (Å²) < 4.78 is 0. The molecule has 3 rings (SSSR count). The van der Waals surface area contributed by atoms with Gasteiger partial charge in [-0.1, -0.05) is 68.2 Å². The Labute approximate surface area is 262 Å². The van der Waals surface area contributed by atoms with Crippen molar-refractivity contribution in [3.8, 4) is 0 Å². The Bertz CT molecular complexity index is 1160. The predicted molar refractivity (Wildman–Crippen MR) is 166 cm³/mol. The predicted octanol–water partition coefficient (Wildman–Crippen LogP) is 1.81. The van der Waals surface area contributed by atoms with Gasteiger partial charge in [-0.25, -0.2) is 4.79 Å². The van der Waals surface area contributed by atoms with Crippen LogP contribution in [0.3, 0.4) is 0 Å². The summed E-state index contributed by atoms with van der Waals surface area (Å²) in [4.78, 5) is 82.3. The first-order valence-electron chi connectivity index (χ1n) is 16.0. The van der Waals surface area contributed by atoms with Crippen LogP contribution in [0, 0.1) is 34.0 Å². The molecule has 3 fully saturated rings. The van der Waals surface area contributed by atoms with Gasteiger partial charge >= 0.3 is 6.03 Å². The monoisotopic (exact) mass is 618 g/mol. The summed E-state index contributed by atoms with van der Waals surface area (Å²) in [5.41, 5.74) is 3.76. The average molecular weight is 619 g/mol. The zero-order chi connectivity index (χ0) is 33.5. The standard InChI is InChI=1S/C32H54N6O6/c1-11-37(12-2)27(42)23(30(3,4)5)35-29(44)36-24(31(6,7)8)28(43)38-16-18-20(32(18,9)10)21(38)26(41)34-19(15-17-13-14-17)22(39)25(33)40/h17-21,23-24H,11-16H2,1-10H3,(H2,33,40)(H,34,41)(H2,35,36,44)/t18-,19?,20-,21-,23+,24+/m0/s1. The topological polar surface area (TPSA) is 171 Å². The molecule has 248 valence electrons. The third-order valence-corrected chi connectivity index (χ3v) is 9.75. The van der Waals surface area contributed by atoms with Gasteiger partial charge in [0, 0.05) is 19.6 Å². The molecule has 1 aliphatic heterocycles. The maximum atomic E-state index is 14.2. The number of urea groups is 1. The van der Waals surface area contributed by atoms with Crippen LogP contribution in [-0.2, 0) is 24.0 Å². The van der Waals surface area contributed by atoms with Crippen LogP contribution in [0.15, 0.2) is 0 Å². The van der Waals surface area contributed by atoms with Gasteiger partial charge in [-0.05, 0) is 54.3 Å². The van der Waals surface area contributed by atoms with E-state index in [0.29, 0.717) is 26.1 Å². The third-order valence-electron chi connectivity index (χ3n) is 9.75. The zero-order valence-electron chi connectivity index (χ0n) is 28.2. The Hall–Kier alpha value is -3.18. The number of fused-ring (bicyclic) bond motifs is 1. The molecule has 0 aromatic rings. The number of carbonyl (C=O) groups is 6. The fraction of sp³-hybridized carbons (Fsp3) is 0.812. The molecule has 1 unspecified atom stereocenters. The van der Waals surface area contributed by atoms with Gasteiger partial charge in [-0.2, -0.15) is 0 Å². The normalized spacial score (nSPS) is 24.3. The number of primary amides is 1. The van der Waals surface area contributed by atoms with Gasteiger partial charge in [-0.3, -0.25) is 24.0 Å². The number of nitrogens with two attached hydrogens (primary N) is 1. The van der Waals surface area contributed by atoms with Gasteiger partial charge in [0.05, 0.1) is 6.04 Å². The largest absolute Gasteiger partial charge is 0.363 e. The summed E-state index contributed by atoms with van der Waals surface area (Å²) in [6.07, 6.45) is 2.17. The number of nitrogens with one attached hydrogen (secondary N) is 3. The van der Waals surface area contributed by atoms with Crippen LogP contribution in [0.5, 0.6) is 0 Å². The number of hydrogen-bond donors (Lipinski definition) is 4. The van der Waals surface area contributed by atoms with Crippen molar-refractivity contribution < 1.29 is 28.8 Å². The van der Waals surface area contributed by atoms with Gasteiger partial charge < -0.3 is 31.5 Å². The number of carbonyl (C=O) groups excluding carboxylic acids is 6. The lowest BCUT2D eigenvalue weighted by molar-refractivity contribution is -0.145. The van der Waals surface area contributed by atoms with Gasteiger partial charge in [0.1, 0.15) is 18.1 Å². The molecule has 0 radical (unpaired) electrons. The van der Waals surface area contributed by atoms with E-state index < -0.39 is 64.5 Å². The summed E-state index contributed by atoms with van der Waals surface area (Å²) in [6.45, 7) is 20.3. The Balaban J connectivity index is 1.84. The second kappa shape index (κ2) is 12.7. The average Bonchev–Trinajstić information content (AvgIpc) is 3.75. The number of ketones is 1. The molecule has 0 bridgehead atoms. The van der Waals surface area contributed by atoms with E-state index in [2.05, 4.69) is 16.0 Å². The maximum Gasteiger partial charge on any atom is 0.316 e. The lowest BCUT2D eigenvalue weighted by Crippen LogP contribution is -2.63. The molecule has 12 nitrogen and oxygen atoms in total. The molecule has 6 atom stereocenters. The number of piperidine rings is 1. The minimum absolute atomic E-state index is 0.0716. The van der Waals surface area contributed by atoms with E-state index in [-0.39, 0.29) is 29.1 Å². The lowest BCUT2D eigenvalue weighted by Gasteiger charge is -2.39. The van der Waals surface area contributed by atoms with E-state index in [1.165, 1.54) is 4.90 Å². The molecule has 5 N–H and O–H groups in total. The molecule has 2 saturated carbocycles. The van der Waals surface area contributed by atoms with Crippen molar-refractivity contribution in [1.82, 2.24) is 25.8 Å². The number of hydrogen-bond acceptors (Lipinski definition) is 6. The highest BCUT2D eigenvalue weighted by atomic mass is 16.2. The Morgan fingerprint density at radius 3 is 1.86 bits per heavy atom. The van der Waals surface area contributed by atoms with E-state index in [4.69, 9.17) is 5.73 Å². The summed E-state index contributed by atoms with van der Waals surface area (Å²) in [6, 6.07) is -4.40. The smallest absolute Gasteiger partial charge is 0.316 e. The summed E-state index contributed by atoms with van der Waals surface area (Å²) >= 11 is 0. The van der Waals surface area contributed by atoms with E-state index in [0.717, 1.165) is 12.8 Å². The molecular weight excluding hydrogens is 564 g/mol. The number of amides is 6. The minimum atomic E-state index is -1.10. The SMILES string of the molecule is CCN(CC)C(=O)[C@@H](NC(=O)N[C@H](C(=O)N1C[C@H]2[C@@H]([C@H]1C(=O)NC(CC1CC1)C(=O)C(N)=O)C2(C)C)C(C)(C)C)C(C)(C)C. The number of nitrogens with zero attached hydrogens (tertiary/aromatic N) is 2. The third kappa shape index (κ3) is 7.54. The fourth-order valence-corrected chi connectivity index (χ4v) is 6.65. The van der Waals surface area contributed by atoms with Crippen LogP contribution in [0.25, 0.3) is 0 Å². The first kappa shape index (κ1) is 35.3. The minimum Gasteiger partial charge on any atom is -0.363 e. The van der Waals surface area contributed by atoms with Gasteiger partial charge in [0.25, 0.3) is 5.91 Å². The van der Waals surface area contributed by atoms with Crippen molar-refractivity contribution in [1.29, 1.82) is 0 Å². The van der Waals surface area contributed by atoms with E-state index in [9.17, 15) is 28.8 Å². The molecule has 2 aliphatic carbocycles. The molecule has 12 heteroatoms. The molecule has 3 aliphatic rings. The highest BCUT2D eigenvalue weighted by molar-refractivity contribution is 6.37. The van der Waals surface area contributed by atoms with Gasteiger partial charge in [0.2, 0.25) is 23.5 Å². The summed E-state index contributed by atoms with van der Waals surface area (Å²) in [7, 11) is 0. The molecule has 0 aromatic carbocycles. The van der Waals surface area contributed by atoms with E-state index >= 15 is 0 Å².